The van der Waals surface area contributed by atoms with Crippen LogP contribution < -0.4 is 20.1 Å². The quantitative estimate of drug-likeness (QED) is 0.422. The predicted molar refractivity (Wildman–Crippen MR) is 121 cm³/mol. The summed E-state index contributed by atoms with van der Waals surface area (Å²) in [6, 6.07) is 20.9. The molecule has 0 aliphatic heterocycles. The maximum atomic E-state index is 12.0. The molecule has 0 aliphatic rings. The number of nitrogens with one attached hydrogen (secondary N) is 2. The van der Waals surface area contributed by atoms with Crippen molar-refractivity contribution in [2.45, 2.75) is 13.3 Å². The zero-order valence-electron chi connectivity index (χ0n) is 17.8. The van der Waals surface area contributed by atoms with Crippen molar-refractivity contribution in [3.63, 3.8) is 0 Å². The summed E-state index contributed by atoms with van der Waals surface area (Å²) in [5.41, 5.74) is 1.55. The van der Waals surface area contributed by atoms with Gasteiger partial charge in [-0.15, -0.1) is 0 Å². The number of hydrogen-bond acceptors (Lipinski definition) is 5. The van der Waals surface area contributed by atoms with Crippen molar-refractivity contribution in [3.8, 4) is 23.0 Å². The van der Waals surface area contributed by atoms with Crippen LogP contribution in [0.1, 0.15) is 22.3 Å². The van der Waals surface area contributed by atoms with E-state index in [4.69, 9.17) is 9.47 Å². The zero-order valence-corrected chi connectivity index (χ0v) is 17.8. The number of benzene rings is 3. The summed E-state index contributed by atoms with van der Waals surface area (Å²) < 4.78 is 11.3. The second-order valence-electron chi connectivity index (χ2n) is 7.18. The summed E-state index contributed by atoms with van der Waals surface area (Å²) in [6.45, 7) is 2.72. The first kappa shape index (κ1) is 22.7. The number of carbonyl (C=O) groups excluding carboxylic acids is 2. The van der Waals surface area contributed by atoms with Crippen molar-refractivity contribution < 1.29 is 24.2 Å². The molecule has 0 aliphatic carbocycles. The smallest absolute Gasteiger partial charge is 0.257 e. The maximum absolute atomic E-state index is 12.0. The molecule has 3 rings (SSSR count). The molecule has 0 heterocycles. The molecule has 0 radical (unpaired) electrons. The van der Waals surface area contributed by atoms with Crippen LogP contribution in [0, 0.1) is 6.92 Å². The van der Waals surface area contributed by atoms with E-state index in [0.717, 1.165) is 11.3 Å². The number of hydrogen-bond donors (Lipinski definition) is 3. The highest BCUT2D eigenvalue weighted by Crippen LogP contribution is 2.24. The highest BCUT2D eigenvalue weighted by atomic mass is 16.5. The third-order valence-electron chi connectivity index (χ3n) is 4.52. The minimum atomic E-state index is -0.273. The molecular weight excluding hydrogens is 408 g/mol. The summed E-state index contributed by atoms with van der Waals surface area (Å²) in [6.07, 6.45) is 0.571. The summed E-state index contributed by atoms with van der Waals surface area (Å²) >= 11 is 0. The van der Waals surface area contributed by atoms with Gasteiger partial charge in [-0.25, -0.2) is 0 Å². The van der Waals surface area contributed by atoms with E-state index in [1.54, 1.807) is 36.4 Å². The van der Waals surface area contributed by atoms with Gasteiger partial charge in [0.25, 0.3) is 11.8 Å². The van der Waals surface area contributed by atoms with Crippen molar-refractivity contribution in [1.82, 2.24) is 10.6 Å². The highest BCUT2D eigenvalue weighted by Gasteiger charge is 2.06. The van der Waals surface area contributed by atoms with Gasteiger partial charge in [-0.2, -0.15) is 0 Å². The molecule has 0 bridgehead atoms. The lowest BCUT2D eigenvalue weighted by molar-refractivity contribution is -0.123. The molecule has 0 fully saturated rings. The first-order chi connectivity index (χ1) is 15.5. The van der Waals surface area contributed by atoms with Crippen LogP contribution in [0.2, 0.25) is 0 Å². The fourth-order valence-corrected chi connectivity index (χ4v) is 2.81. The molecule has 3 N–H and O–H groups in total. The van der Waals surface area contributed by atoms with Crippen LogP contribution in [0.15, 0.2) is 72.8 Å². The van der Waals surface area contributed by atoms with Crippen LogP contribution in [0.5, 0.6) is 23.0 Å². The number of amides is 2. The van der Waals surface area contributed by atoms with Crippen molar-refractivity contribution >= 4 is 11.8 Å². The Morgan fingerprint density at radius 1 is 0.844 bits per heavy atom. The summed E-state index contributed by atoms with van der Waals surface area (Å²) in [4.78, 5) is 23.9. The summed E-state index contributed by atoms with van der Waals surface area (Å²) in [7, 11) is 0. The molecule has 0 spiro atoms. The molecule has 0 saturated carbocycles. The average molecular weight is 434 g/mol. The van der Waals surface area contributed by atoms with E-state index >= 15 is 0 Å². The average Bonchev–Trinajstić information content (AvgIpc) is 2.80. The molecule has 0 unspecified atom stereocenters. The molecule has 166 valence electrons. The Morgan fingerprint density at radius 2 is 1.47 bits per heavy atom. The van der Waals surface area contributed by atoms with Crippen LogP contribution in [0.3, 0.4) is 0 Å². The van der Waals surface area contributed by atoms with Crippen LogP contribution in [0.25, 0.3) is 0 Å². The summed E-state index contributed by atoms with van der Waals surface area (Å²) in [5.74, 6) is 1.52. The molecule has 3 aromatic rings. The van der Waals surface area contributed by atoms with E-state index in [9.17, 15) is 14.7 Å². The third kappa shape index (κ3) is 7.36. The van der Waals surface area contributed by atoms with Crippen molar-refractivity contribution in [2.24, 2.45) is 0 Å². The topological polar surface area (TPSA) is 96.9 Å². The van der Waals surface area contributed by atoms with Crippen LogP contribution in [-0.2, 0) is 4.79 Å². The molecule has 3 aromatic carbocycles. The minimum absolute atomic E-state index is 0.0401. The monoisotopic (exact) mass is 434 g/mol. The Labute approximate surface area is 187 Å². The minimum Gasteiger partial charge on any atom is -0.508 e. The van der Waals surface area contributed by atoms with Gasteiger partial charge in [-0.1, -0.05) is 23.8 Å². The number of aromatic hydroxyl groups is 1. The molecule has 32 heavy (non-hydrogen) atoms. The van der Waals surface area contributed by atoms with Gasteiger partial charge in [0.05, 0.1) is 0 Å². The Morgan fingerprint density at radius 3 is 2.16 bits per heavy atom. The van der Waals surface area contributed by atoms with Gasteiger partial charge in [0.1, 0.15) is 23.0 Å². The van der Waals surface area contributed by atoms with E-state index in [1.165, 1.54) is 12.1 Å². The van der Waals surface area contributed by atoms with E-state index < -0.39 is 0 Å². The van der Waals surface area contributed by atoms with Crippen LogP contribution >= 0.6 is 0 Å². The highest BCUT2D eigenvalue weighted by molar-refractivity contribution is 5.94. The van der Waals surface area contributed by atoms with E-state index in [2.05, 4.69) is 10.6 Å². The van der Waals surface area contributed by atoms with Gasteiger partial charge in [0.15, 0.2) is 6.61 Å². The predicted octanol–water partition coefficient (Wildman–Crippen LogP) is 3.81. The van der Waals surface area contributed by atoms with Gasteiger partial charge in [0.2, 0.25) is 0 Å². The summed E-state index contributed by atoms with van der Waals surface area (Å²) in [5, 5.41) is 14.9. The molecule has 0 saturated heterocycles. The van der Waals surface area contributed by atoms with E-state index in [0.29, 0.717) is 36.6 Å². The fraction of sp³-hybridized carbons (Fsp3) is 0.200. The lowest BCUT2D eigenvalue weighted by Gasteiger charge is -2.10. The van der Waals surface area contributed by atoms with Crippen LogP contribution in [-0.4, -0.2) is 36.6 Å². The maximum Gasteiger partial charge on any atom is 0.257 e. The third-order valence-corrected chi connectivity index (χ3v) is 4.52. The molecule has 2 amide bonds. The Balaban J connectivity index is 1.31. The molecule has 0 atom stereocenters. The SMILES string of the molecule is Cc1ccc(Oc2ccc(OCC(=O)NCCCNC(=O)c3cccc(O)c3)cc2)cc1. The normalized spacial score (nSPS) is 10.3. The largest absolute Gasteiger partial charge is 0.508 e. The number of carbonyl (C=O) groups is 2. The second kappa shape index (κ2) is 11.4. The first-order valence-electron chi connectivity index (χ1n) is 10.3. The fourth-order valence-electron chi connectivity index (χ4n) is 2.81. The number of phenols is 1. The zero-order chi connectivity index (χ0) is 22.8. The van der Waals surface area contributed by atoms with Crippen molar-refractivity contribution in [1.29, 1.82) is 0 Å². The van der Waals surface area contributed by atoms with Gasteiger partial charge in [-0.05, 0) is 67.9 Å². The molecular formula is C25H26N2O5. The Hall–Kier alpha value is -4.00. The van der Waals surface area contributed by atoms with Gasteiger partial charge >= 0.3 is 0 Å². The van der Waals surface area contributed by atoms with E-state index in [1.807, 2.05) is 31.2 Å². The molecule has 0 aromatic heterocycles. The van der Waals surface area contributed by atoms with E-state index in [-0.39, 0.29) is 24.2 Å². The lowest BCUT2D eigenvalue weighted by atomic mass is 10.2. The molecule has 7 nitrogen and oxygen atoms in total. The standard InChI is InChI=1S/C25H26N2O5/c1-18-6-8-22(9-7-18)32-23-12-10-21(11-13-23)31-17-24(29)26-14-3-15-27-25(30)19-4-2-5-20(28)16-19/h2,4-13,16,28H,3,14-15,17H2,1H3,(H,26,29)(H,27,30). The van der Waals surface area contributed by atoms with Gasteiger partial charge in [0, 0.05) is 18.7 Å². The van der Waals surface area contributed by atoms with Gasteiger partial charge < -0.3 is 25.2 Å². The number of ether oxygens (including phenoxy) is 2. The first-order valence-corrected chi connectivity index (χ1v) is 10.3. The Kier molecular flexibility index (Phi) is 8.09. The number of aryl methyl sites for hydroxylation is 1. The molecule has 7 heteroatoms. The van der Waals surface area contributed by atoms with Crippen molar-refractivity contribution in [3.05, 3.63) is 83.9 Å². The Bertz CT molecular complexity index is 1030. The van der Waals surface area contributed by atoms with Gasteiger partial charge in [-0.3, -0.25) is 9.59 Å². The van der Waals surface area contributed by atoms with Crippen molar-refractivity contribution in [2.75, 3.05) is 19.7 Å². The second-order valence-corrected chi connectivity index (χ2v) is 7.18. The number of phenolic OH excluding ortho intramolecular Hbond substituents is 1. The lowest BCUT2D eigenvalue weighted by Crippen LogP contribution is -2.32. The number of rotatable bonds is 10. The van der Waals surface area contributed by atoms with Crippen LogP contribution in [0.4, 0.5) is 0 Å².